The fraction of sp³-hybridized carbons (Fsp3) is 0.0345. The lowest BCUT2D eigenvalue weighted by atomic mass is 10.00. The quantitative estimate of drug-likeness (QED) is 0.203. The number of amides is 1. The highest BCUT2D eigenvalue weighted by Gasteiger charge is 2.32. The zero-order chi connectivity index (χ0) is 25.1. The van der Waals surface area contributed by atoms with Crippen molar-refractivity contribution in [1.29, 1.82) is 0 Å². The summed E-state index contributed by atoms with van der Waals surface area (Å²) in [6, 6.07) is 30.5. The van der Waals surface area contributed by atoms with Crippen LogP contribution in [0, 0.1) is 0 Å². The molecule has 5 rings (SSSR count). The Morgan fingerprint density at radius 3 is 2.25 bits per heavy atom. The van der Waals surface area contributed by atoms with E-state index in [1.54, 1.807) is 0 Å². The first-order valence-electron chi connectivity index (χ1n) is 11.1. The molecule has 0 unspecified atom stereocenters. The Kier molecular flexibility index (Phi) is 7.37. The van der Waals surface area contributed by atoms with Crippen LogP contribution in [0.2, 0.25) is 5.02 Å². The third-order valence-electron chi connectivity index (χ3n) is 5.56. The fourth-order valence-corrected chi connectivity index (χ4v) is 5.33. The van der Waals surface area contributed by atoms with Crippen molar-refractivity contribution in [2.45, 2.75) is 6.61 Å². The van der Waals surface area contributed by atoms with Crippen LogP contribution in [-0.2, 0) is 11.4 Å². The summed E-state index contributed by atoms with van der Waals surface area (Å²) in [5, 5.41) is 6.83. The van der Waals surface area contributed by atoms with Crippen molar-refractivity contribution in [2.75, 3.05) is 5.01 Å². The van der Waals surface area contributed by atoms with E-state index in [2.05, 4.69) is 31.9 Å². The molecule has 0 spiro atoms. The van der Waals surface area contributed by atoms with Gasteiger partial charge in [0.05, 0.1) is 15.7 Å². The third kappa shape index (κ3) is 5.31. The van der Waals surface area contributed by atoms with Gasteiger partial charge in [0.2, 0.25) is 0 Å². The Hall–Kier alpha value is -3.19. The summed E-state index contributed by atoms with van der Waals surface area (Å²) >= 11 is 13.2. The number of carbonyl (C=O) groups is 1. The lowest BCUT2D eigenvalue weighted by Gasteiger charge is -2.14. The van der Waals surface area contributed by atoms with E-state index < -0.39 is 0 Å². The molecule has 1 aliphatic heterocycles. The van der Waals surface area contributed by atoms with Gasteiger partial charge in [-0.3, -0.25) is 4.79 Å². The Labute approximate surface area is 231 Å². The Bertz CT molecular complexity index is 1470. The molecule has 0 radical (unpaired) electrons. The van der Waals surface area contributed by atoms with E-state index in [9.17, 15) is 4.79 Å². The number of ether oxygens (including phenoxy) is 1. The van der Waals surface area contributed by atoms with Crippen molar-refractivity contribution < 1.29 is 9.53 Å². The Balaban J connectivity index is 1.57. The van der Waals surface area contributed by atoms with Crippen molar-refractivity contribution in [1.82, 2.24) is 0 Å². The molecule has 0 fully saturated rings. The van der Waals surface area contributed by atoms with Crippen LogP contribution in [-0.4, -0.2) is 11.6 Å². The van der Waals surface area contributed by atoms with Gasteiger partial charge in [-0.05, 0) is 64.0 Å². The Morgan fingerprint density at radius 1 is 0.889 bits per heavy atom. The molecule has 7 heteroatoms. The highest BCUT2D eigenvalue weighted by Crippen LogP contribution is 2.37. The molecule has 4 aromatic carbocycles. The minimum absolute atomic E-state index is 0.209. The number of halogens is 3. The van der Waals surface area contributed by atoms with Gasteiger partial charge in [0, 0.05) is 20.6 Å². The van der Waals surface area contributed by atoms with Gasteiger partial charge in [-0.15, -0.1) is 0 Å². The first kappa shape index (κ1) is 24.5. The topological polar surface area (TPSA) is 41.9 Å². The predicted octanol–water partition coefficient (Wildman–Crippen LogP) is 8.28. The van der Waals surface area contributed by atoms with Gasteiger partial charge >= 0.3 is 0 Å². The molecule has 0 saturated heterocycles. The zero-order valence-electron chi connectivity index (χ0n) is 18.9. The van der Waals surface area contributed by atoms with Gasteiger partial charge in [-0.2, -0.15) is 10.1 Å². The van der Waals surface area contributed by atoms with E-state index in [1.165, 1.54) is 5.01 Å². The summed E-state index contributed by atoms with van der Waals surface area (Å²) in [6.07, 6.45) is 1.84. The third-order valence-corrected chi connectivity index (χ3v) is 6.86. The summed E-state index contributed by atoms with van der Waals surface area (Å²) < 4.78 is 7.84. The summed E-state index contributed by atoms with van der Waals surface area (Å²) in [5.41, 5.74) is 4.36. The second kappa shape index (κ2) is 10.8. The summed E-state index contributed by atoms with van der Waals surface area (Å²) in [6.45, 7) is 0.345. The molecule has 4 aromatic rings. The molecule has 0 N–H and O–H groups in total. The maximum absolute atomic E-state index is 13.7. The average molecular weight is 623 g/mol. The van der Waals surface area contributed by atoms with Crippen LogP contribution in [0.5, 0.6) is 5.75 Å². The standard InChI is InChI=1S/C29H19Br2ClN2O2/c30-22-15-21(28(26(31)17-22)36-18-19-11-13-23(32)14-12-19)16-25-27(20-7-3-1-4-8-20)33-34(29(25)35)24-9-5-2-6-10-24/h1-17H,18H2/b25-16-. The highest BCUT2D eigenvalue weighted by atomic mass is 79.9. The number of rotatable bonds is 6. The predicted molar refractivity (Wildman–Crippen MR) is 153 cm³/mol. The SMILES string of the molecule is O=C1/C(=C\c2cc(Br)cc(Br)c2OCc2ccc(Cl)cc2)C(c2ccccc2)=NN1c1ccccc1. The highest BCUT2D eigenvalue weighted by molar-refractivity contribution is 9.11. The number of para-hydroxylation sites is 1. The van der Waals surface area contributed by atoms with Crippen LogP contribution >= 0.6 is 43.5 Å². The first-order chi connectivity index (χ1) is 17.5. The zero-order valence-corrected chi connectivity index (χ0v) is 22.8. The fourth-order valence-electron chi connectivity index (χ4n) is 3.83. The van der Waals surface area contributed by atoms with Gasteiger partial charge < -0.3 is 4.74 Å². The number of hydrogen-bond donors (Lipinski definition) is 0. The Morgan fingerprint density at radius 2 is 1.56 bits per heavy atom. The number of hydrazone groups is 1. The normalized spacial score (nSPS) is 14.3. The monoisotopic (exact) mass is 620 g/mol. The molecule has 1 amide bonds. The molecule has 0 saturated carbocycles. The van der Waals surface area contributed by atoms with E-state index >= 15 is 0 Å². The minimum Gasteiger partial charge on any atom is -0.487 e. The van der Waals surface area contributed by atoms with Gasteiger partial charge in [0.15, 0.2) is 0 Å². The molecule has 0 aliphatic carbocycles. The minimum atomic E-state index is -0.209. The molecule has 0 atom stereocenters. The van der Waals surface area contributed by atoms with E-state index in [0.29, 0.717) is 34.4 Å². The maximum atomic E-state index is 13.7. The number of carbonyl (C=O) groups excluding carboxylic acids is 1. The molecule has 178 valence electrons. The second-order valence-electron chi connectivity index (χ2n) is 8.05. The molecule has 36 heavy (non-hydrogen) atoms. The van der Waals surface area contributed by atoms with Crippen LogP contribution in [0.25, 0.3) is 6.08 Å². The van der Waals surface area contributed by atoms with Crippen LogP contribution in [0.15, 0.2) is 117 Å². The second-order valence-corrected chi connectivity index (χ2v) is 10.3. The van der Waals surface area contributed by atoms with E-state index in [-0.39, 0.29) is 5.91 Å². The lowest BCUT2D eigenvalue weighted by Crippen LogP contribution is -2.21. The van der Waals surface area contributed by atoms with Gasteiger partial charge in [-0.1, -0.05) is 88.2 Å². The van der Waals surface area contributed by atoms with Crippen molar-refractivity contribution in [3.63, 3.8) is 0 Å². The van der Waals surface area contributed by atoms with Crippen LogP contribution < -0.4 is 9.75 Å². The molecule has 1 heterocycles. The molecule has 1 aliphatic rings. The average Bonchev–Trinajstić information content (AvgIpc) is 3.21. The van der Waals surface area contributed by atoms with E-state index in [1.807, 2.05) is 103 Å². The van der Waals surface area contributed by atoms with Gasteiger partial charge in [0.25, 0.3) is 5.91 Å². The molecular formula is C29H19Br2ClN2O2. The lowest BCUT2D eigenvalue weighted by molar-refractivity contribution is -0.114. The number of nitrogens with zero attached hydrogens (tertiary/aromatic N) is 2. The summed E-state index contributed by atoms with van der Waals surface area (Å²) in [7, 11) is 0. The molecular weight excluding hydrogens is 604 g/mol. The van der Waals surface area contributed by atoms with Crippen LogP contribution in [0.4, 0.5) is 5.69 Å². The van der Waals surface area contributed by atoms with E-state index in [4.69, 9.17) is 21.4 Å². The van der Waals surface area contributed by atoms with Gasteiger partial charge in [-0.25, -0.2) is 0 Å². The van der Waals surface area contributed by atoms with Crippen molar-refractivity contribution in [3.8, 4) is 5.75 Å². The number of hydrogen-bond acceptors (Lipinski definition) is 3. The van der Waals surface area contributed by atoms with Crippen LogP contribution in [0.3, 0.4) is 0 Å². The van der Waals surface area contributed by atoms with Gasteiger partial charge in [0.1, 0.15) is 18.1 Å². The number of benzene rings is 4. The number of anilines is 1. The van der Waals surface area contributed by atoms with Crippen molar-refractivity contribution in [3.05, 3.63) is 133 Å². The smallest absolute Gasteiger partial charge is 0.281 e. The molecule has 4 nitrogen and oxygen atoms in total. The van der Waals surface area contributed by atoms with E-state index in [0.717, 1.165) is 25.6 Å². The van der Waals surface area contributed by atoms with Crippen molar-refractivity contribution in [2.24, 2.45) is 5.10 Å². The molecule has 0 bridgehead atoms. The summed E-state index contributed by atoms with van der Waals surface area (Å²) in [4.78, 5) is 13.7. The van der Waals surface area contributed by atoms with Crippen LogP contribution in [0.1, 0.15) is 16.7 Å². The first-order valence-corrected chi connectivity index (χ1v) is 13.1. The molecule has 0 aromatic heterocycles. The van der Waals surface area contributed by atoms with Crippen molar-refractivity contribution >= 4 is 66.8 Å². The maximum Gasteiger partial charge on any atom is 0.281 e. The largest absolute Gasteiger partial charge is 0.487 e. The summed E-state index contributed by atoms with van der Waals surface area (Å²) in [5.74, 6) is 0.416.